The van der Waals surface area contributed by atoms with Crippen molar-refractivity contribution >= 4 is 21.6 Å². The molecule has 1 aliphatic rings. The van der Waals surface area contributed by atoms with Crippen molar-refractivity contribution < 1.29 is 13.2 Å². The molecule has 5 nitrogen and oxygen atoms in total. The number of hydrogen-bond donors (Lipinski definition) is 1. The number of carbonyl (C=O) groups excluding carboxylic acids is 1. The molecule has 0 atom stereocenters. The second kappa shape index (κ2) is 8.63. The largest absolute Gasteiger partial charge is 0.324 e. The molecule has 0 aromatic heterocycles. The molecule has 1 aromatic carbocycles. The van der Waals surface area contributed by atoms with Gasteiger partial charge in [-0.25, -0.2) is 8.42 Å². The van der Waals surface area contributed by atoms with Crippen LogP contribution in [0.15, 0.2) is 29.8 Å². The predicted molar refractivity (Wildman–Crippen MR) is 102 cm³/mol. The maximum Gasteiger partial charge on any atom is 0.239 e. The van der Waals surface area contributed by atoms with Gasteiger partial charge in [-0.1, -0.05) is 29.8 Å². The van der Waals surface area contributed by atoms with Crippen LogP contribution in [0.2, 0.25) is 0 Å². The first kappa shape index (κ1) is 19.7. The standard InChI is InChI=1S/C19H28N2O3S/c1-15-8-7-9-16(2)19(15)20-18(22)14-21(25(3,23)24)13-12-17-10-5-4-6-11-17/h7-10H,4-6,11-14H2,1-3H3,(H,20,22). The number of benzene rings is 1. The minimum Gasteiger partial charge on any atom is -0.324 e. The van der Waals surface area contributed by atoms with E-state index in [0.29, 0.717) is 13.0 Å². The minimum absolute atomic E-state index is 0.153. The molecule has 0 fully saturated rings. The van der Waals surface area contributed by atoms with E-state index >= 15 is 0 Å². The molecular weight excluding hydrogens is 336 g/mol. The molecule has 1 amide bonds. The number of amides is 1. The Morgan fingerprint density at radius 3 is 2.44 bits per heavy atom. The maximum atomic E-state index is 12.4. The summed E-state index contributed by atoms with van der Waals surface area (Å²) in [6, 6.07) is 5.78. The number of anilines is 1. The average Bonchev–Trinajstić information content (AvgIpc) is 2.55. The monoisotopic (exact) mass is 364 g/mol. The van der Waals surface area contributed by atoms with Gasteiger partial charge in [-0.15, -0.1) is 0 Å². The predicted octanol–water partition coefficient (Wildman–Crippen LogP) is 3.39. The Hall–Kier alpha value is -1.66. The van der Waals surface area contributed by atoms with Crippen molar-refractivity contribution in [2.24, 2.45) is 0 Å². The van der Waals surface area contributed by atoms with Gasteiger partial charge in [0.2, 0.25) is 15.9 Å². The lowest BCUT2D eigenvalue weighted by Crippen LogP contribution is -2.38. The van der Waals surface area contributed by atoms with Crippen molar-refractivity contribution in [1.29, 1.82) is 0 Å². The Labute approximate surface area is 151 Å². The Bertz CT molecular complexity index is 734. The Morgan fingerprint density at radius 2 is 1.88 bits per heavy atom. The molecule has 0 saturated carbocycles. The van der Waals surface area contributed by atoms with Crippen molar-refractivity contribution in [2.45, 2.75) is 46.0 Å². The van der Waals surface area contributed by atoms with Crippen LogP contribution in [0.5, 0.6) is 0 Å². The molecule has 2 rings (SSSR count). The summed E-state index contributed by atoms with van der Waals surface area (Å²) in [5.74, 6) is -0.305. The molecule has 1 aliphatic carbocycles. The Morgan fingerprint density at radius 1 is 1.20 bits per heavy atom. The van der Waals surface area contributed by atoms with E-state index in [-0.39, 0.29) is 12.5 Å². The van der Waals surface area contributed by atoms with Crippen molar-refractivity contribution in [2.75, 3.05) is 24.7 Å². The smallest absolute Gasteiger partial charge is 0.239 e. The van der Waals surface area contributed by atoms with Gasteiger partial charge >= 0.3 is 0 Å². The summed E-state index contributed by atoms with van der Waals surface area (Å²) in [5.41, 5.74) is 3.99. The van der Waals surface area contributed by atoms with Gasteiger partial charge in [-0.05, 0) is 57.1 Å². The van der Waals surface area contributed by atoms with Crippen molar-refractivity contribution in [3.63, 3.8) is 0 Å². The van der Waals surface area contributed by atoms with Crippen LogP contribution in [0.3, 0.4) is 0 Å². The molecule has 138 valence electrons. The zero-order valence-electron chi connectivity index (χ0n) is 15.3. The fourth-order valence-corrected chi connectivity index (χ4v) is 3.89. The van der Waals surface area contributed by atoms with Crippen LogP contribution < -0.4 is 5.32 Å². The summed E-state index contributed by atoms with van der Waals surface area (Å²) in [6.07, 6.45) is 8.54. The highest BCUT2D eigenvalue weighted by molar-refractivity contribution is 7.88. The van der Waals surface area contributed by atoms with E-state index in [2.05, 4.69) is 11.4 Å². The Kier molecular flexibility index (Phi) is 6.79. The van der Waals surface area contributed by atoms with E-state index in [1.54, 1.807) is 0 Å². The summed E-state index contributed by atoms with van der Waals surface area (Å²) < 4.78 is 25.4. The van der Waals surface area contributed by atoms with Gasteiger partial charge in [0.05, 0.1) is 12.8 Å². The highest BCUT2D eigenvalue weighted by Crippen LogP contribution is 2.21. The molecule has 0 radical (unpaired) electrons. The number of allylic oxidation sites excluding steroid dienone is 1. The normalized spacial score (nSPS) is 15.1. The third-order valence-electron chi connectivity index (χ3n) is 4.60. The molecule has 0 unspecified atom stereocenters. The van der Waals surface area contributed by atoms with Crippen LogP contribution in [0, 0.1) is 13.8 Å². The molecule has 0 saturated heterocycles. The molecule has 0 bridgehead atoms. The lowest BCUT2D eigenvalue weighted by atomic mass is 9.97. The van der Waals surface area contributed by atoms with E-state index in [4.69, 9.17) is 0 Å². The number of carbonyl (C=O) groups is 1. The summed E-state index contributed by atoms with van der Waals surface area (Å²) in [6.45, 7) is 4.05. The van der Waals surface area contributed by atoms with Gasteiger partial charge in [-0.2, -0.15) is 4.31 Å². The molecule has 0 spiro atoms. The first-order valence-electron chi connectivity index (χ1n) is 8.76. The van der Waals surface area contributed by atoms with Gasteiger partial charge in [0.1, 0.15) is 0 Å². The van der Waals surface area contributed by atoms with Crippen molar-refractivity contribution in [1.82, 2.24) is 4.31 Å². The summed E-state index contributed by atoms with van der Waals surface area (Å²) in [4.78, 5) is 12.4. The van der Waals surface area contributed by atoms with Crippen LogP contribution in [0.4, 0.5) is 5.69 Å². The molecule has 25 heavy (non-hydrogen) atoms. The molecule has 6 heteroatoms. The maximum absolute atomic E-state index is 12.4. The van der Waals surface area contributed by atoms with Crippen molar-refractivity contribution in [3.05, 3.63) is 41.0 Å². The summed E-state index contributed by atoms with van der Waals surface area (Å²) in [7, 11) is -3.43. The highest BCUT2D eigenvalue weighted by Gasteiger charge is 2.21. The Balaban J connectivity index is 2.01. The van der Waals surface area contributed by atoms with Crippen LogP contribution in [0.25, 0.3) is 0 Å². The number of sulfonamides is 1. The number of aryl methyl sites for hydroxylation is 2. The highest BCUT2D eigenvalue weighted by atomic mass is 32.2. The second-order valence-corrected chi connectivity index (χ2v) is 8.75. The number of nitrogens with zero attached hydrogens (tertiary/aromatic N) is 1. The first-order chi connectivity index (χ1) is 11.8. The van der Waals surface area contributed by atoms with Gasteiger partial charge in [0.15, 0.2) is 0 Å². The van der Waals surface area contributed by atoms with Gasteiger partial charge in [0.25, 0.3) is 0 Å². The molecule has 1 N–H and O–H groups in total. The summed E-state index contributed by atoms with van der Waals surface area (Å²) >= 11 is 0. The van der Waals surface area contributed by atoms with Crippen LogP contribution in [-0.2, 0) is 14.8 Å². The molecular formula is C19H28N2O3S. The lowest BCUT2D eigenvalue weighted by Gasteiger charge is -2.22. The minimum atomic E-state index is -3.43. The average molecular weight is 365 g/mol. The quantitative estimate of drug-likeness (QED) is 0.754. The van der Waals surface area contributed by atoms with Crippen LogP contribution >= 0.6 is 0 Å². The number of hydrogen-bond acceptors (Lipinski definition) is 3. The molecule has 1 aromatic rings. The molecule has 0 aliphatic heterocycles. The third-order valence-corrected chi connectivity index (χ3v) is 5.85. The zero-order chi connectivity index (χ0) is 18.4. The molecule has 0 heterocycles. The fraction of sp³-hybridized carbons (Fsp3) is 0.526. The van der Waals surface area contributed by atoms with E-state index in [1.807, 2.05) is 32.0 Å². The van der Waals surface area contributed by atoms with Crippen LogP contribution in [0.1, 0.15) is 43.2 Å². The summed E-state index contributed by atoms with van der Waals surface area (Å²) in [5, 5.41) is 2.86. The van der Waals surface area contributed by atoms with Crippen LogP contribution in [-0.4, -0.2) is 38.0 Å². The van der Waals surface area contributed by atoms with E-state index in [9.17, 15) is 13.2 Å². The zero-order valence-corrected chi connectivity index (χ0v) is 16.2. The van der Waals surface area contributed by atoms with E-state index < -0.39 is 10.0 Å². The fourth-order valence-electron chi connectivity index (χ4n) is 3.11. The SMILES string of the molecule is Cc1cccc(C)c1NC(=O)CN(CCC1=CCCCC1)S(C)(=O)=O. The van der Waals surface area contributed by atoms with Gasteiger partial charge < -0.3 is 5.32 Å². The third kappa shape index (κ3) is 5.97. The van der Waals surface area contributed by atoms with Gasteiger partial charge in [-0.3, -0.25) is 4.79 Å². The van der Waals surface area contributed by atoms with E-state index in [0.717, 1.165) is 42.3 Å². The first-order valence-corrected chi connectivity index (χ1v) is 10.6. The number of para-hydroxylation sites is 1. The van der Waals surface area contributed by atoms with Gasteiger partial charge in [0, 0.05) is 12.2 Å². The topological polar surface area (TPSA) is 66.5 Å². The number of rotatable bonds is 7. The number of nitrogens with one attached hydrogen (secondary N) is 1. The van der Waals surface area contributed by atoms with Crippen molar-refractivity contribution in [3.8, 4) is 0 Å². The van der Waals surface area contributed by atoms with E-state index in [1.165, 1.54) is 16.3 Å². The second-order valence-electron chi connectivity index (χ2n) is 6.77. The lowest BCUT2D eigenvalue weighted by molar-refractivity contribution is -0.116.